The Morgan fingerprint density at radius 1 is 0.304 bits per heavy atom. The summed E-state index contributed by atoms with van der Waals surface area (Å²) in [6.07, 6.45) is 75.4. The number of ether oxygens (including phenoxy) is 3. The van der Waals surface area contributed by atoms with E-state index >= 15 is 0 Å². The van der Waals surface area contributed by atoms with E-state index in [2.05, 4.69) is 118 Å². The van der Waals surface area contributed by atoms with Gasteiger partial charge in [-0.25, -0.2) is 0 Å². The Balaban J connectivity index is 4.47. The molecule has 0 saturated carbocycles. The minimum absolute atomic E-state index is 0.103. The molecule has 0 bridgehead atoms. The maximum atomic E-state index is 12.8. The highest BCUT2D eigenvalue weighted by molar-refractivity contribution is 5.71. The Morgan fingerprint density at radius 2 is 0.580 bits per heavy atom. The standard InChI is InChI=1S/C63H106O6/c1-4-7-10-13-16-19-22-25-28-30-31-33-35-38-41-44-47-50-53-56-62(65)68-59-60(58-67-61(64)55-52-49-46-43-40-37-34-27-24-21-18-15-12-9-6-3)69-63(66)57-54-51-48-45-42-39-36-32-29-26-23-20-17-14-11-8-5-2/h7,10,16-17,19-21,24-26,28-29,36,39,45,48,60H,4-6,8-9,11-15,18,22-23,27,30-35,37-38,40-44,46-47,49-59H2,1-3H3/b10-7-,19-16-,20-17-,24-21-,28-25-,29-26-,39-36-,48-45-. The van der Waals surface area contributed by atoms with Crippen molar-refractivity contribution < 1.29 is 28.6 Å². The van der Waals surface area contributed by atoms with Gasteiger partial charge in [0.25, 0.3) is 0 Å². The SMILES string of the molecule is CC/C=C\C/C=C\C/C=C\CCCCCCCCCCCC(=O)OCC(COC(=O)CCCCCCCCC/C=C\CCCCCC)OC(=O)CCC/C=C\C/C=C\C/C=C\C/C=C\CCCCC. The molecule has 394 valence electrons. The van der Waals surface area contributed by atoms with Crippen LogP contribution in [0.2, 0.25) is 0 Å². The summed E-state index contributed by atoms with van der Waals surface area (Å²) in [7, 11) is 0. The third kappa shape index (κ3) is 55.1. The molecule has 1 atom stereocenters. The summed E-state index contributed by atoms with van der Waals surface area (Å²) in [5.41, 5.74) is 0. The predicted octanol–water partition coefficient (Wildman–Crippen LogP) is 19.3. The molecule has 0 fully saturated rings. The van der Waals surface area contributed by atoms with Crippen LogP contribution in [0.4, 0.5) is 0 Å². The molecule has 6 nitrogen and oxygen atoms in total. The monoisotopic (exact) mass is 959 g/mol. The largest absolute Gasteiger partial charge is 0.462 e. The highest BCUT2D eigenvalue weighted by Crippen LogP contribution is 2.14. The molecule has 0 aromatic rings. The first-order valence-corrected chi connectivity index (χ1v) is 28.7. The summed E-state index contributed by atoms with van der Waals surface area (Å²) < 4.78 is 16.8. The fourth-order valence-corrected chi connectivity index (χ4v) is 7.74. The number of allylic oxidation sites excluding steroid dienone is 16. The van der Waals surface area contributed by atoms with E-state index in [1.807, 2.05) is 0 Å². The number of hydrogen-bond acceptors (Lipinski definition) is 6. The van der Waals surface area contributed by atoms with Crippen LogP contribution < -0.4 is 0 Å². The Kier molecular flexibility index (Phi) is 53.9. The summed E-state index contributed by atoms with van der Waals surface area (Å²) in [5.74, 6) is -0.967. The van der Waals surface area contributed by atoms with Gasteiger partial charge >= 0.3 is 17.9 Å². The van der Waals surface area contributed by atoms with Crippen LogP contribution in [-0.2, 0) is 28.6 Å². The van der Waals surface area contributed by atoms with Gasteiger partial charge in [0, 0.05) is 19.3 Å². The van der Waals surface area contributed by atoms with Crippen molar-refractivity contribution in [1.29, 1.82) is 0 Å². The topological polar surface area (TPSA) is 78.9 Å². The van der Waals surface area contributed by atoms with E-state index in [1.54, 1.807) is 0 Å². The zero-order valence-electron chi connectivity index (χ0n) is 45.0. The lowest BCUT2D eigenvalue weighted by atomic mass is 10.1. The molecule has 0 amide bonds. The number of esters is 3. The van der Waals surface area contributed by atoms with E-state index in [1.165, 1.54) is 135 Å². The van der Waals surface area contributed by atoms with Gasteiger partial charge < -0.3 is 14.2 Å². The smallest absolute Gasteiger partial charge is 0.306 e. The highest BCUT2D eigenvalue weighted by Gasteiger charge is 2.19. The van der Waals surface area contributed by atoms with Crippen molar-refractivity contribution in [2.24, 2.45) is 0 Å². The molecule has 0 heterocycles. The summed E-state index contributed by atoms with van der Waals surface area (Å²) in [6, 6.07) is 0. The van der Waals surface area contributed by atoms with Crippen LogP contribution in [0.3, 0.4) is 0 Å². The van der Waals surface area contributed by atoms with Crippen LogP contribution in [0.15, 0.2) is 97.2 Å². The van der Waals surface area contributed by atoms with Gasteiger partial charge in [-0.05, 0) is 116 Å². The molecule has 6 heteroatoms. The maximum Gasteiger partial charge on any atom is 0.306 e. The minimum atomic E-state index is -0.811. The Bertz CT molecular complexity index is 1380. The zero-order chi connectivity index (χ0) is 50.0. The van der Waals surface area contributed by atoms with Gasteiger partial charge in [-0.15, -0.1) is 0 Å². The number of rotatable bonds is 51. The molecular formula is C63H106O6. The van der Waals surface area contributed by atoms with Gasteiger partial charge in [-0.2, -0.15) is 0 Å². The molecule has 0 rings (SSSR count). The molecule has 0 radical (unpaired) electrons. The summed E-state index contributed by atoms with van der Waals surface area (Å²) in [6.45, 7) is 6.44. The second kappa shape index (κ2) is 56.9. The van der Waals surface area contributed by atoms with Crippen LogP contribution in [0.1, 0.15) is 265 Å². The predicted molar refractivity (Wildman–Crippen MR) is 297 cm³/mol. The van der Waals surface area contributed by atoms with Crippen molar-refractivity contribution >= 4 is 17.9 Å². The number of carbonyl (C=O) groups excluding carboxylic acids is 3. The lowest BCUT2D eigenvalue weighted by molar-refractivity contribution is -0.167. The first-order chi connectivity index (χ1) is 34.0. The van der Waals surface area contributed by atoms with Crippen LogP contribution in [0.5, 0.6) is 0 Å². The number of hydrogen-bond donors (Lipinski definition) is 0. The second-order valence-electron chi connectivity index (χ2n) is 18.8. The fourth-order valence-electron chi connectivity index (χ4n) is 7.74. The molecule has 0 N–H and O–H groups in total. The summed E-state index contributed by atoms with van der Waals surface area (Å²) in [5, 5.41) is 0. The van der Waals surface area contributed by atoms with Crippen molar-refractivity contribution in [2.45, 2.75) is 271 Å². The molecule has 0 spiro atoms. The quantitative estimate of drug-likeness (QED) is 0.0262. The molecule has 0 saturated heterocycles. The van der Waals surface area contributed by atoms with Gasteiger partial charge in [-0.1, -0.05) is 227 Å². The van der Waals surface area contributed by atoms with Gasteiger partial charge in [0.15, 0.2) is 6.10 Å². The molecular weight excluding hydrogens is 853 g/mol. The molecule has 69 heavy (non-hydrogen) atoms. The average Bonchev–Trinajstić information content (AvgIpc) is 3.35. The van der Waals surface area contributed by atoms with Gasteiger partial charge in [0.1, 0.15) is 13.2 Å². The average molecular weight is 960 g/mol. The van der Waals surface area contributed by atoms with Crippen molar-refractivity contribution in [3.05, 3.63) is 97.2 Å². The second-order valence-corrected chi connectivity index (χ2v) is 18.8. The first kappa shape index (κ1) is 65.3. The van der Waals surface area contributed by atoms with E-state index in [4.69, 9.17) is 14.2 Å². The number of unbranched alkanes of at least 4 members (excludes halogenated alkanes) is 24. The van der Waals surface area contributed by atoms with Crippen molar-refractivity contribution in [3.8, 4) is 0 Å². The molecule has 0 aromatic heterocycles. The van der Waals surface area contributed by atoms with Crippen molar-refractivity contribution in [1.82, 2.24) is 0 Å². The highest BCUT2D eigenvalue weighted by atomic mass is 16.6. The van der Waals surface area contributed by atoms with E-state index in [-0.39, 0.29) is 37.5 Å². The van der Waals surface area contributed by atoms with E-state index in [0.29, 0.717) is 19.3 Å². The summed E-state index contributed by atoms with van der Waals surface area (Å²) in [4.78, 5) is 38.1. The van der Waals surface area contributed by atoms with E-state index < -0.39 is 6.10 Å². The molecule has 0 aliphatic carbocycles. The minimum Gasteiger partial charge on any atom is -0.462 e. The van der Waals surface area contributed by atoms with Crippen molar-refractivity contribution in [3.63, 3.8) is 0 Å². The normalized spacial score (nSPS) is 12.8. The van der Waals surface area contributed by atoms with E-state index in [0.717, 1.165) is 83.5 Å². The molecule has 0 aromatic carbocycles. The van der Waals surface area contributed by atoms with Crippen LogP contribution >= 0.6 is 0 Å². The molecule has 0 aliphatic heterocycles. The zero-order valence-corrected chi connectivity index (χ0v) is 45.0. The summed E-state index contributed by atoms with van der Waals surface area (Å²) >= 11 is 0. The fraction of sp³-hybridized carbons (Fsp3) is 0.698. The Morgan fingerprint density at radius 3 is 0.971 bits per heavy atom. The van der Waals surface area contributed by atoms with Gasteiger partial charge in [0.2, 0.25) is 0 Å². The van der Waals surface area contributed by atoms with E-state index in [9.17, 15) is 14.4 Å². The van der Waals surface area contributed by atoms with Crippen molar-refractivity contribution in [2.75, 3.05) is 13.2 Å². The first-order valence-electron chi connectivity index (χ1n) is 28.7. The third-order valence-corrected chi connectivity index (χ3v) is 12.0. The lowest BCUT2D eigenvalue weighted by Gasteiger charge is -2.18. The third-order valence-electron chi connectivity index (χ3n) is 12.0. The Labute approximate surface area is 426 Å². The van der Waals surface area contributed by atoms with Crippen LogP contribution in [0, 0.1) is 0 Å². The Hall–Kier alpha value is -3.67. The molecule has 1 unspecified atom stereocenters. The van der Waals surface area contributed by atoms with Crippen LogP contribution in [0.25, 0.3) is 0 Å². The maximum absolute atomic E-state index is 12.8. The number of carbonyl (C=O) groups is 3. The molecule has 0 aliphatic rings. The van der Waals surface area contributed by atoms with Crippen LogP contribution in [-0.4, -0.2) is 37.2 Å². The lowest BCUT2D eigenvalue weighted by Crippen LogP contribution is -2.30. The van der Waals surface area contributed by atoms with Gasteiger partial charge in [0.05, 0.1) is 0 Å². The van der Waals surface area contributed by atoms with Gasteiger partial charge in [-0.3, -0.25) is 14.4 Å².